The van der Waals surface area contributed by atoms with Crippen LogP contribution in [0.3, 0.4) is 0 Å². The number of rotatable bonds is 4. The minimum atomic E-state index is -0.201. The third-order valence-electron chi connectivity index (χ3n) is 2.53. The van der Waals surface area contributed by atoms with Crippen molar-refractivity contribution in [1.82, 2.24) is 4.98 Å². The van der Waals surface area contributed by atoms with E-state index in [2.05, 4.69) is 47.5 Å². The van der Waals surface area contributed by atoms with E-state index in [1.807, 2.05) is 31.2 Å². The fourth-order valence-electron chi connectivity index (χ4n) is 1.69. The van der Waals surface area contributed by atoms with Gasteiger partial charge in [-0.2, -0.15) is 0 Å². The highest BCUT2D eigenvalue weighted by Crippen LogP contribution is 2.21. The topological polar surface area (TPSA) is 54.0 Å². The molecule has 0 saturated heterocycles. The molecular formula is C14H13Br2N3O. The number of nitrogens with zero attached hydrogens (tertiary/aromatic N) is 1. The van der Waals surface area contributed by atoms with Gasteiger partial charge in [0, 0.05) is 27.4 Å². The first-order valence-corrected chi connectivity index (χ1v) is 7.65. The van der Waals surface area contributed by atoms with Crippen molar-refractivity contribution in [2.24, 2.45) is 0 Å². The molecule has 0 unspecified atom stereocenters. The summed E-state index contributed by atoms with van der Waals surface area (Å²) in [5.74, 6) is 0.371. The average Bonchev–Trinajstić information content (AvgIpc) is 2.41. The maximum Gasteiger partial charge on any atom is 0.259 e. The SMILES string of the molecule is CCNc1ncc(Br)cc1C(=O)Nc1cccc(Br)c1. The fraction of sp³-hybridized carbons (Fsp3) is 0.143. The number of aromatic nitrogens is 1. The van der Waals surface area contributed by atoms with Gasteiger partial charge in [0.1, 0.15) is 5.82 Å². The van der Waals surface area contributed by atoms with Gasteiger partial charge in [-0.25, -0.2) is 4.98 Å². The van der Waals surface area contributed by atoms with E-state index in [1.165, 1.54) is 0 Å². The maximum absolute atomic E-state index is 12.3. The summed E-state index contributed by atoms with van der Waals surface area (Å²) in [6.45, 7) is 2.66. The number of carbonyl (C=O) groups excluding carboxylic acids is 1. The first-order valence-electron chi connectivity index (χ1n) is 6.06. The lowest BCUT2D eigenvalue weighted by Gasteiger charge is -2.11. The number of amides is 1. The van der Waals surface area contributed by atoms with Crippen LogP contribution < -0.4 is 10.6 Å². The summed E-state index contributed by atoms with van der Waals surface area (Å²) in [7, 11) is 0. The molecule has 2 N–H and O–H groups in total. The molecule has 2 rings (SSSR count). The van der Waals surface area contributed by atoms with Crippen molar-refractivity contribution < 1.29 is 4.79 Å². The molecule has 0 aliphatic carbocycles. The Labute approximate surface area is 134 Å². The molecule has 0 aliphatic heterocycles. The number of nitrogens with one attached hydrogen (secondary N) is 2. The lowest BCUT2D eigenvalue weighted by molar-refractivity contribution is 0.102. The summed E-state index contributed by atoms with van der Waals surface area (Å²) < 4.78 is 1.67. The molecule has 0 bridgehead atoms. The van der Waals surface area contributed by atoms with Gasteiger partial charge in [0.05, 0.1) is 5.56 Å². The van der Waals surface area contributed by atoms with Crippen molar-refractivity contribution in [3.63, 3.8) is 0 Å². The summed E-state index contributed by atoms with van der Waals surface area (Å²) in [6, 6.07) is 9.19. The predicted molar refractivity (Wildman–Crippen MR) is 88.2 cm³/mol. The number of halogens is 2. The normalized spacial score (nSPS) is 10.2. The van der Waals surface area contributed by atoms with Gasteiger partial charge in [0.2, 0.25) is 0 Å². The number of benzene rings is 1. The second kappa shape index (κ2) is 6.85. The number of pyridine rings is 1. The summed E-state index contributed by atoms with van der Waals surface area (Å²) in [5.41, 5.74) is 1.23. The summed E-state index contributed by atoms with van der Waals surface area (Å²) in [4.78, 5) is 16.6. The van der Waals surface area contributed by atoms with Gasteiger partial charge in [-0.3, -0.25) is 4.79 Å². The van der Waals surface area contributed by atoms with Gasteiger partial charge in [-0.05, 0) is 47.1 Å². The summed E-state index contributed by atoms with van der Waals surface area (Å²) in [5, 5.41) is 5.93. The Bertz CT molecular complexity index is 632. The Morgan fingerprint density at radius 3 is 2.75 bits per heavy atom. The molecule has 0 radical (unpaired) electrons. The zero-order valence-corrected chi connectivity index (χ0v) is 14.0. The van der Waals surface area contributed by atoms with Crippen LogP contribution in [0, 0.1) is 0 Å². The average molecular weight is 399 g/mol. The minimum Gasteiger partial charge on any atom is -0.370 e. The molecule has 1 aromatic heterocycles. The second-order valence-corrected chi connectivity index (χ2v) is 5.88. The van der Waals surface area contributed by atoms with Crippen LogP contribution in [0.25, 0.3) is 0 Å². The van der Waals surface area contributed by atoms with E-state index in [0.29, 0.717) is 17.9 Å². The van der Waals surface area contributed by atoms with Gasteiger partial charge in [0.25, 0.3) is 5.91 Å². The van der Waals surface area contributed by atoms with Crippen molar-refractivity contribution in [2.45, 2.75) is 6.92 Å². The highest BCUT2D eigenvalue weighted by molar-refractivity contribution is 9.10. The van der Waals surface area contributed by atoms with Gasteiger partial charge in [0.15, 0.2) is 0 Å². The molecule has 104 valence electrons. The molecule has 0 aliphatic rings. The molecular weight excluding hydrogens is 386 g/mol. The third-order valence-corrected chi connectivity index (χ3v) is 3.45. The molecule has 1 aromatic carbocycles. The van der Waals surface area contributed by atoms with E-state index in [4.69, 9.17) is 0 Å². The van der Waals surface area contributed by atoms with Crippen LogP contribution in [-0.2, 0) is 0 Å². The number of anilines is 2. The smallest absolute Gasteiger partial charge is 0.259 e. The van der Waals surface area contributed by atoms with E-state index < -0.39 is 0 Å². The Morgan fingerprint density at radius 2 is 2.05 bits per heavy atom. The second-order valence-electron chi connectivity index (χ2n) is 4.04. The molecule has 4 nitrogen and oxygen atoms in total. The van der Waals surface area contributed by atoms with Crippen molar-refractivity contribution in [3.8, 4) is 0 Å². The predicted octanol–water partition coefficient (Wildman–Crippen LogP) is 4.29. The van der Waals surface area contributed by atoms with E-state index in [0.717, 1.165) is 14.6 Å². The molecule has 20 heavy (non-hydrogen) atoms. The van der Waals surface area contributed by atoms with E-state index in [-0.39, 0.29) is 5.91 Å². The zero-order chi connectivity index (χ0) is 14.5. The summed E-state index contributed by atoms with van der Waals surface area (Å²) in [6.07, 6.45) is 1.66. The highest BCUT2D eigenvalue weighted by Gasteiger charge is 2.13. The lowest BCUT2D eigenvalue weighted by atomic mass is 10.2. The van der Waals surface area contributed by atoms with Gasteiger partial charge in [-0.1, -0.05) is 22.0 Å². The van der Waals surface area contributed by atoms with Crippen LogP contribution in [0.1, 0.15) is 17.3 Å². The maximum atomic E-state index is 12.3. The Morgan fingerprint density at radius 1 is 1.25 bits per heavy atom. The molecule has 1 amide bonds. The van der Waals surface area contributed by atoms with Crippen LogP contribution in [0.5, 0.6) is 0 Å². The molecule has 0 fully saturated rings. The summed E-state index contributed by atoms with van der Waals surface area (Å²) >= 11 is 6.71. The zero-order valence-electron chi connectivity index (χ0n) is 10.8. The first-order chi connectivity index (χ1) is 9.60. The fourth-order valence-corrected chi connectivity index (χ4v) is 2.42. The third kappa shape index (κ3) is 3.80. The van der Waals surface area contributed by atoms with Crippen LogP contribution in [0.4, 0.5) is 11.5 Å². The number of hydrogen-bond donors (Lipinski definition) is 2. The Hall–Kier alpha value is -1.40. The van der Waals surface area contributed by atoms with Gasteiger partial charge >= 0.3 is 0 Å². The van der Waals surface area contributed by atoms with Crippen molar-refractivity contribution in [1.29, 1.82) is 0 Å². The van der Waals surface area contributed by atoms with Crippen LogP contribution in [0.2, 0.25) is 0 Å². The van der Waals surface area contributed by atoms with Gasteiger partial charge < -0.3 is 10.6 Å². The molecule has 0 atom stereocenters. The van der Waals surface area contributed by atoms with Crippen LogP contribution in [0.15, 0.2) is 45.5 Å². The molecule has 1 heterocycles. The molecule has 0 saturated carbocycles. The largest absolute Gasteiger partial charge is 0.370 e. The van der Waals surface area contributed by atoms with E-state index in [9.17, 15) is 4.79 Å². The van der Waals surface area contributed by atoms with E-state index >= 15 is 0 Å². The minimum absolute atomic E-state index is 0.201. The molecule has 6 heteroatoms. The molecule has 0 spiro atoms. The standard InChI is InChI=1S/C14H13Br2N3O/c1-2-17-13-12(7-10(16)8-18-13)14(20)19-11-5-3-4-9(15)6-11/h3-8H,2H2,1H3,(H,17,18)(H,19,20). The van der Waals surface area contributed by atoms with Crippen molar-refractivity contribution in [3.05, 3.63) is 51.0 Å². The van der Waals surface area contributed by atoms with Crippen LogP contribution in [-0.4, -0.2) is 17.4 Å². The lowest BCUT2D eigenvalue weighted by Crippen LogP contribution is -2.15. The van der Waals surface area contributed by atoms with E-state index in [1.54, 1.807) is 12.3 Å². The first kappa shape index (κ1) is 15.0. The molecule has 2 aromatic rings. The quantitative estimate of drug-likeness (QED) is 0.807. The Balaban J connectivity index is 2.26. The number of carbonyl (C=O) groups is 1. The van der Waals surface area contributed by atoms with Crippen LogP contribution >= 0.6 is 31.9 Å². The van der Waals surface area contributed by atoms with Crippen molar-refractivity contribution >= 4 is 49.3 Å². The van der Waals surface area contributed by atoms with Crippen molar-refractivity contribution in [2.75, 3.05) is 17.2 Å². The Kier molecular flexibility index (Phi) is 5.14. The van der Waals surface area contributed by atoms with Gasteiger partial charge in [-0.15, -0.1) is 0 Å². The highest BCUT2D eigenvalue weighted by atomic mass is 79.9. The number of hydrogen-bond acceptors (Lipinski definition) is 3. The monoisotopic (exact) mass is 397 g/mol.